The van der Waals surface area contributed by atoms with Crippen molar-refractivity contribution < 1.29 is 13.2 Å². The Morgan fingerprint density at radius 3 is 2.50 bits per heavy atom. The molecule has 0 N–H and O–H groups in total. The van der Waals surface area contributed by atoms with Gasteiger partial charge in [-0.2, -0.15) is 0 Å². The van der Waals surface area contributed by atoms with Gasteiger partial charge in [0, 0.05) is 0 Å². The SMILES string of the molecule is O=S1(=O)CC[C@H](Oc2ccccc2)C1. The third-order valence-corrected chi connectivity index (χ3v) is 3.97. The van der Waals surface area contributed by atoms with Crippen molar-refractivity contribution in [1.82, 2.24) is 0 Å². The van der Waals surface area contributed by atoms with Gasteiger partial charge < -0.3 is 4.74 Å². The smallest absolute Gasteiger partial charge is 0.154 e. The minimum absolute atomic E-state index is 0.155. The summed E-state index contributed by atoms with van der Waals surface area (Å²) in [6.45, 7) is 0. The molecule has 0 saturated carbocycles. The molecule has 0 aliphatic carbocycles. The number of hydrogen-bond donors (Lipinski definition) is 0. The first-order valence-electron chi connectivity index (χ1n) is 4.58. The van der Waals surface area contributed by atoms with Gasteiger partial charge in [-0.15, -0.1) is 0 Å². The Morgan fingerprint density at radius 1 is 1.21 bits per heavy atom. The van der Waals surface area contributed by atoms with Crippen LogP contribution in [0.2, 0.25) is 0 Å². The zero-order valence-electron chi connectivity index (χ0n) is 7.72. The fraction of sp³-hybridized carbons (Fsp3) is 0.400. The maximum Gasteiger partial charge on any atom is 0.154 e. The molecule has 3 nitrogen and oxygen atoms in total. The van der Waals surface area contributed by atoms with Crippen molar-refractivity contribution in [1.29, 1.82) is 0 Å². The molecule has 0 spiro atoms. The van der Waals surface area contributed by atoms with Crippen LogP contribution in [0.1, 0.15) is 6.42 Å². The van der Waals surface area contributed by atoms with E-state index in [2.05, 4.69) is 0 Å². The summed E-state index contributed by atoms with van der Waals surface area (Å²) in [6, 6.07) is 9.33. The second-order valence-electron chi connectivity index (χ2n) is 3.46. The van der Waals surface area contributed by atoms with Crippen molar-refractivity contribution in [3.05, 3.63) is 30.3 Å². The van der Waals surface area contributed by atoms with Gasteiger partial charge in [0.1, 0.15) is 11.9 Å². The van der Waals surface area contributed by atoms with Crippen molar-refractivity contribution in [2.75, 3.05) is 11.5 Å². The van der Waals surface area contributed by atoms with Crippen LogP contribution in [-0.4, -0.2) is 26.0 Å². The summed E-state index contributed by atoms with van der Waals surface area (Å²) >= 11 is 0. The number of benzene rings is 1. The van der Waals surface area contributed by atoms with Gasteiger partial charge in [0.2, 0.25) is 0 Å². The quantitative estimate of drug-likeness (QED) is 0.741. The summed E-state index contributed by atoms with van der Waals surface area (Å²) < 4.78 is 27.8. The van der Waals surface area contributed by atoms with Gasteiger partial charge in [-0.25, -0.2) is 8.42 Å². The molecular weight excluding hydrogens is 200 g/mol. The van der Waals surface area contributed by atoms with Crippen molar-refractivity contribution >= 4 is 9.84 Å². The van der Waals surface area contributed by atoms with Crippen LogP contribution in [0.3, 0.4) is 0 Å². The van der Waals surface area contributed by atoms with Gasteiger partial charge in [0.05, 0.1) is 11.5 Å². The lowest BCUT2D eigenvalue weighted by Crippen LogP contribution is -2.17. The van der Waals surface area contributed by atoms with E-state index >= 15 is 0 Å². The second-order valence-corrected chi connectivity index (χ2v) is 5.68. The Morgan fingerprint density at radius 2 is 1.93 bits per heavy atom. The first-order chi connectivity index (χ1) is 6.66. The molecule has 1 fully saturated rings. The highest BCUT2D eigenvalue weighted by Gasteiger charge is 2.29. The largest absolute Gasteiger partial charge is 0.489 e. The minimum Gasteiger partial charge on any atom is -0.489 e. The van der Waals surface area contributed by atoms with Gasteiger partial charge in [-0.1, -0.05) is 18.2 Å². The average molecular weight is 212 g/mol. The van der Waals surface area contributed by atoms with Crippen molar-refractivity contribution in [3.8, 4) is 5.75 Å². The van der Waals surface area contributed by atoms with E-state index in [4.69, 9.17) is 4.74 Å². The lowest BCUT2D eigenvalue weighted by Gasteiger charge is -2.10. The van der Waals surface area contributed by atoms with Gasteiger partial charge >= 0.3 is 0 Å². The topological polar surface area (TPSA) is 43.4 Å². The van der Waals surface area contributed by atoms with Crippen LogP contribution in [-0.2, 0) is 9.84 Å². The first-order valence-corrected chi connectivity index (χ1v) is 6.40. The molecule has 0 amide bonds. The van der Waals surface area contributed by atoms with Gasteiger partial charge in [0.25, 0.3) is 0 Å². The Kier molecular flexibility index (Phi) is 2.46. The van der Waals surface area contributed by atoms with Crippen LogP contribution in [0, 0.1) is 0 Å². The Hall–Kier alpha value is -1.03. The van der Waals surface area contributed by atoms with Crippen molar-refractivity contribution in [2.45, 2.75) is 12.5 Å². The molecule has 76 valence electrons. The molecule has 4 heteroatoms. The fourth-order valence-electron chi connectivity index (χ4n) is 1.55. The number of sulfone groups is 1. The van der Waals surface area contributed by atoms with Gasteiger partial charge in [-0.3, -0.25) is 0 Å². The van der Waals surface area contributed by atoms with Crippen molar-refractivity contribution in [3.63, 3.8) is 0 Å². The standard InChI is InChI=1S/C10H12O3S/c11-14(12)7-6-10(8-14)13-9-4-2-1-3-5-9/h1-5,10H,6-8H2/t10-/m0/s1. The summed E-state index contributed by atoms with van der Waals surface area (Å²) in [5.41, 5.74) is 0. The van der Waals surface area contributed by atoms with Crippen LogP contribution in [0.4, 0.5) is 0 Å². The molecule has 0 radical (unpaired) electrons. The summed E-state index contributed by atoms with van der Waals surface area (Å²) in [4.78, 5) is 0. The molecule has 1 aliphatic rings. The van der Waals surface area contributed by atoms with Crippen molar-refractivity contribution in [2.24, 2.45) is 0 Å². The van der Waals surface area contributed by atoms with E-state index < -0.39 is 9.84 Å². The van der Waals surface area contributed by atoms with E-state index in [0.29, 0.717) is 6.42 Å². The zero-order chi connectivity index (χ0) is 10.0. The second kappa shape index (κ2) is 3.61. The molecule has 1 saturated heterocycles. The van der Waals surface area contributed by atoms with Crippen LogP contribution < -0.4 is 4.74 Å². The first kappa shape index (κ1) is 9.52. The van der Waals surface area contributed by atoms with E-state index in [1.807, 2.05) is 30.3 Å². The summed E-state index contributed by atoms with van der Waals surface area (Å²) in [5.74, 6) is 1.15. The van der Waals surface area contributed by atoms with E-state index in [9.17, 15) is 8.42 Å². The number of ether oxygens (including phenoxy) is 1. The van der Waals surface area contributed by atoms with E-state index in [0.717, 1.165) is 5.75 Å². The molecule has 2 rings (SSSR count). The number of rotatable bonds is 2. The highest BCUT2D eigenvalue weighted by Crippen LogP contribution is 2.18. The molecule has 1 aromatic rings. The molecule has 1 aliphatic heterocycles. The summed E-state index contributed by atoms with van der Waals surface area (Å²) in [6.07, 6.45) is 0.444. The number of para-hydroxylation sites is 1. The molecule has 0 aromatic heterocycles. The highest BCUT2D eigenvalue weighted by atomic mass is 32.2. The minimum atomic E-state index is -2.84. The highest BCUT2D eigenvalue weighted by molar-refractivity contribution is 7.91. The molecular formula is C10H12O3S. The van der Waals surface area contributed by atoms with Crippen LogP contribution >= 0.6 is 0 Å². The Labute approximate surface area is 83.6 Å². The molecule has 0 unspecified atom stereocenters. The summed E-state index contributed by atoms with van der Waals surface area (Å²) in [5, 5.41) is 0. The van der Waals surface area contributed by atoms with Gasteiger partial charge in [0.15, 0.2) is 9.84 Å². The summed E-state index contributed by atoms with van der Waals surface area (Å²) in [7, 11) is -2.84. The molecule has 1 aromatic carbocycles. The molecule has 0 bridgehead atoms. The fourth-order valence-corrected chi connectivity index (χ4v) is 3.14. The normalized spacial score (nSPS) is 24.7. The zero-order valence-corrected chi connectivity index (χ0v) is 8.53. The average Bonchev–Trinajstić information content (AvgIpc) is 2.47. The third-order valence-electron chi connectivity index (χ3n) is 2.24. The van der Waals surface area contributed by atoms with Crippen LogP contribution in [0.5, 0.6) is 5.75 Å². The molecule has 1 heterocycles. The molecule has 1 atom stereocenters. The van der Waals surface area contributed by atoms with Crippen LogP contribution in [0.15, 0.2) is 30.3 Å². The van der Waals surface area contributed by atoms with E-state index in [1.54, 1.807) is 0 Å². The van der Waals surface area contributed by atoms with Crippen LogP contribution in [0.25, 0.3) is 0 Å². The predicted octanol–water partition coefficient (Wildman–Crippen LogP) is 1.25. The van der Waals surface area contributed by atoms with E-state index in [-0.39, 0.29) is 17.6 Å². The molecule has 14 heavy (non-hydrogen) atoms. The number of hydrogen-bond acceptors (Lipinski definition) is 3. The maximum atomic E-state index is 11.2. The Bertz CT molecular complexity index is 397. The monoisotopic (exact) mass is 212 g/mol. The lowest BCUT2D eigenvalue weighted by atomic mass is 10.3. The third kappa shape index (κ3) is 2.26. The maximum absolute atomic E-state index is 11.2. The van der Waals surface area contributed by atoms with Gasteiger partial charge in [-0.05, 0) is 18.6 Å². The lowest BCUT2D eigenvalue weighted by molar-refractivity contribution is 0.229. The predicted molar refractivity (Wildman–Crippen MR) is 54.1 cm³/mol. The van der Waals surface area contributed by atoms with E-state index in [1.165, 1.54) is 0 Å². The Balaban J connectivity index is 2.01.